The summed E-state index contributed by atoms with van der Waals surface area (Å²) < 4.78 is 5.48. The summed E-state index contributed by atoms with van der Waals surface area (Å²) in [4.78, 5) is 13.0. The lowest BCUT2D eigenvalue weighted by molar-refractivity contribution is -0.149. The van der Waals surface area contributed by atoms with E-state index in [0.29, 0.717) is 12.5 Å². The molecule has 1 heterocycles. The highest BCUT2D eigenvalue weighted by Crippen LogP contribution is 2.21. The van der Waals surface area contributed by atoms with Crippen LogP contribution < -0.4 is 0 Å². The van der Waals surface area contributed by atoms with Gasteiger partial charge in [0.25, 0.3) is 0 Å². The maximum absolute atomic E-state index is 10.8. The van der Waals surface area contributed by atoms with Crippen LogP contribution >= 0.6 is 0 Å². The third-order valence-corrected chi connectivity index (χ3v) is 3.15. The van der Waals surface area contributed by atoms with Gasteiger partial charge in [-0.1, -0.05) is 0 Å². The van der Waals surface area contributed by atoms with Crippen molar-refractivity contribution in [1.29, 1.82) is 0 Å². The van der Waals surface area contributed by atoms with Gasteiger partial charge in [0.1, 0.15) is 0 Å². The predicted octanol–water partition coefficient (Wildman–Crippen LogP) is 0.711. The van der Waals surface area contributed by atoms with Crippen LogP contribution in [0.4, 0.5) is 0 Å². The van der Waals surface area contributed by atoms with Crippen LogP contribution in [0.2, 0.25) is 0 Å². The summed E-state index contributed by atoms with van der Waals surface area (Å²) in [5.41, 5.74) is 0. The number of hydrogen-bond donors (Lipinski definition) is 2. The smallest absolute Gasteiger partial charge is 0.332 e. The summed E-state index contributed by atoms with van der Waals surface area (Å²) in [5, 5.41) is 17.7. The Hall–Kier alpha value is -0.650. The van der Waals surface area contributed by atoms with Crippen molar-refractivity contribution in [3.8, 4) is 0 Å². The number of aliphatic hydroxyl groups excluding tert-OH is 1. The number of aliphatic carboxylic acids is 1. The van der Waals surface area contributed by atoms with Crippen LogP contribution in [0.1, 0.15) is 33.1 Å². The number of aliphatic hydroxyl groups is 1. The SMILES string of the molecule is CC(C)N(CCCO)CC1CCC(C(=O)O)O1. The van der Waals surface area contributed by atoms with Gasteiger partial charge in [-0.25, -0.2) is 4.79 Å². The Bertz CT molecular complexity index is 245. The molecule has 0 amide bonds. The molecular weight excluding hydrogens is 222 g/mol. The number of nitrogens with zero attached hydrogens (tertiary/aromatic N) is 1. The van der Waals surface area contributed by atoms with E-state index in [1.165, 1.54) is 0 Å². The minimum Gasteiger partial charge on any atom is -0.479 e. The molecule has 5 heteroatoms. The van der Waals surface area contributed by atoms with Gasteiger partial charge in [-0.05, 0) is 33.1 Å². The molecule has 5 nitrogen and oxygen atoms in total. The van der Waals surface area contributed by atoms with Crippen molar-refractivity contribution >= 4 is 5.97 Å². The van der Waals surface area contributed by atoms with E-state index in [-0.39, 0.29) is 12.7 Å². The molecule has 2 atom stereocenters. The number of carboxylic acids is 1. The molecule has 0 spiro atoms. The van der Waals surface area contributed by atoms with Gasteiger partial charge in [-0.3, -0.25) is 4.90 Å². The first-order valence-electron chi connectivity index (χ1n) is 6.27. The summed E-state index contributed by atoms with van der Waals surface area (Å²) in [5.74, 6) is -0.862. The molecule has 0 radical (unpaired) electrons. The second kappa shape index (κ2) is 6.93. The molecule has 2 unspecified atom stereocenters. The Labute approximate surface area is 102 Å². The van der Waals surface area contributed by atoms with Gasteiger partial charge in [0.05, 0.1) is 6.10 Å². The van der Waals surface area contributed by atoms with E-state index in [1.807, 2.05) is 0 Å². The van der Waals surface area contributed by atoms with Crippen LogP contribution in [0.25, 0.3) is 0 Å². The van der Waals surface area contributed by atoms with Gasteiger partial charge in [-0.15, -0.1) is 0 Å². The van der Waals surface area contributed by atoms with Gasteiger partial charge in [0.2, 0.25) is 0 Å². The maximum Gasteiger partial charge on any atom is 0.332 e. The largest absolute Gasteiger partial charge is 0.479 e. The highest BCUT2D eigenvalue weighted by Gasteiger charge is 2.31. The summed E-state index contributed by atoms with van der Waals surface area (Å²) in [6.45, 7) is 5.96. The van der Waals surface area contributed by atoms with Crippen molar-refractivity contribution in [2.75, 3.05) is 19.7 Å². The van der Waals surface area contributed by atoms with Gasteiger partial charge in [0.15, 0.2) is 6.10 Å². The molecule has 0 aliphatic carbocycles. The Morgan fingerprint density at radius 3 is 2.65 bits per heavy atom. The molecule has 1 aliphatic rings. The van der Waals surface area contributed by atoms with Crippen molar-refractivity contribution in [2.45, 2.75) is 51.4 Å². The molecule has 17 heavy (non-hydrogen) atoms. The summed E-state index contributed by atoms with van der Waals surface area (Å²) in [7, 11) is 0. The predicted molar refractivity (Wildman–Crippen MR) is 63.9 cm³/mol. The molecule has 0 aromatic carbocycles. The second-order valence-electron chi connectivity index (χ2n) is 4.83. The average Bonchev–Trinajstić information content (AvgIpc) is 2.72. The van der Waals surface area contributed by atoms with E-state index in [0.717, 1.165) is 25.9 Å². The molecule has 100 valence electrons. The standard InChI is InChI=1S/C12H23NO4/c1-9(2)13(6-3-7-14)8-10-4-5-11(17-10)12(15)16/h9-11,14H,3-8H2,1-2H3,(H,15,16). The number of carbonyl (C=O) groups is 1. The molecule has 0 aromatic heterocycles. The van der Waals surface area contributed by atoms with E-state index < -0.39 is 12.1 Å². The molecule has 1 rings (SSSR count). The number of rotatable bonds is 7. The molecule has 1 aliphatic heterocycles. The highest BCUT2D eigenvalue weighted by atomic mass is 16.5. The third-order valence-electron chi connectivity index (χ3n) is 3.15. The van der Waals surface area contributed by atoms with Crippen molar-refractivity contribution in [3.05, 3.63) is 0 Å². The van der Waals surface area contributed by atoms with Crippen LogP contribution in [-0.2, 0) is 9.53 Å². The zero-order valence-electron chi connectivity index (χ0n) is 10.6. The van der Waals surface area contributed by atoms with Crippen LogP contribution in [0.15, 0.2) is 0 Å². The minimum absolute atomic E-state index is 0.0113. The lowest BCUT2D eigenvalue weighted by Crippen LogP contribution is -2.39. The lowest BCUT2D eigenvalue weighted by Gasteiger charge is -2.28. The Morgan fingerprint density at radius 2 is 2.18 bits per heavy atom. The lowest BCUT2D eigenvalue weighted by atomic mass is 10.1. The minimum atomic E-state index is -0.862. The van der Waals surface area contributed by atoms with E-state index in [2.05, 4.69) is 18.7 Å². The van der Waals surface area contributed by atoms with Crippen LogP contribution in [0.3, 0.4) is 0 Å². The first-order chi connectivity index (χ1) is 8.04. The van der Waals surface area contributed by atoms with Gasteiger partial charge < -0.3 is 14.9 Å². The van der Waals surface area contributed by atoms with Gasteiger partial charge in [0, 0.05) is 25.7 Å². The monoisotopic (exact) mass is 245 g/mol. The molecule has 0 bridgehead atoms. The normalized spacial score (nSPS) is 24.8. The molecule has 1 fully saturated rings. The fourth-order valence-corrected chi connectivity index (χ4v) is 2.12. The van der Waals surface area contributed by atoms with E-state index in [1.54, 1.807) is 0 Å². The van der Waals surface area contributed by atoms with E-state index in [4.69, 9.17) is 14.9 Å². The van der Waals surface area contributed by atoms with Gasteiger partial charge >= 0.3 is 5.97 Å². The van der Waals surface area contributed by atoms with E-state index >= 15 is 0 Å². The highest BCUT2D eigenvalue weighted by molar-refractivity contribution is 5.72. The quantitative estimate of drug-likeness (QED) is 0.691. The third kappa shape index (κ3) is 4.61. The van der Waals surface area contributed by atoms with Crippen molar-refractivity contribution in [3.63, 3.8) is 0 Å². The maximum atomic E-state index is 10.8. The number of carboxylic acid groups (broad SMARTS) is 1. The second-order valence-corrected chi connectivity index (χ2v) is 4.83. The Balaban J connectivity index is 2.38. The number of ether oxygens (including phenoxy) is 1. The van der Waals surface area contributed by atoms with Crippen molar-refractivity contribution < 1.29 is 19.7 Å². The fourth-order valence-electron chi connectivity index (χ4n) is 2.12. The number of hydrogen-bond acceptors (Lipinski definition) is 4. The first-order valence-corrected chi connectivity index (χ1v) is 6.27. The Kier molecular flexibility index (Phi) is 5.88. The van der Waals surface area contributed by atoms with E-state index in [9.17, 15) is 4.79 Å². The van der Waals surface area contributed by atoms with Crippen LogP contribution in [0, 0.1) is 0 Å². The molecule has 1 saturated heterocycles. The zero-order chi connectivity index (χ0) is 12.8. The topological polar surface area (TPSA) is 70.0 Å². The van der Waals surface area contributed by atoms with Crippen LogP contribution in [-0.4, -0.2) is 59.0 Å². The average molecular weight is 245 g/mol. The summed E-state index contributed by atoms with van der Waals surface area (Å²) in [6, 6.07) is 0.383. The molecule has 2 N–H and O–H groups in total. The fraction of sp³-hybridized carbons (Fsp3) is 0.917. The molecular formula is C12H23NO4. The van der Waals surface area contributed by atoms with Crippen molar-refractivity contribution in [1.82, 2.24) is 4.90 Å². The summed E-state index contributed by atoms with van der Waals surface area (Å²) >= 11 is 0. The van der Waals surface area contributed by atoms with Crippen LogP contribution in [0.5, 0.6) is 0 Å². The summed E-state index contributed by atoms with van der Waals surface area (Å²) in [6.07, 6.45) is 1.53. The van der Waals surface area contributed by atoms with Crippen molar-refractivity contribution in [2.24, 2.45) is 0 Å². The molecule has 0 aromatic rings. The zero-order valence-corrected chi connectivity index (χ0v) is 10.6. The Morgan fingerprint density at radius 1 is 1.47 bits per heavy atom. The van der Waals surface area contributed by atoms with Gasteiger partial charge in [-0.2, -0.15) is 0 Å². The first kappa shape index (κ1) is 14.4. The molecule has 0 saturated carbocycles.